The van der Waals surface area contributed by atoms with E-state index in [0.717, 1.165) is 29.7 Å². The number of thiophene rings is 1. The van der Waals surface area contributed by atoms with Gasteiger partial charge in [-0.15, -0.1) is 11.3 Å². The van der Waals surface area contributed by atoms with Crippen LogP contribution in [0.4, 0.5) is 5.00 Å². The summed E-state index contributed by atoms with van der Waals surface area (Å²) in [5.41, 5.74) is 6.74. The van der Waals surface area contributed by atoms with Crippen LogP contribution in [0.2, 0.25) is 0 Å². The number of hydrogen-bond acceptors (Lipinski definition) is 5. The molecule has 0 spiro atoms. The fourth-order valence-corrected chi connectivity index (χ4v) is 3.94. The Morgan fingerprint density at radius 1 is 1.38 bits per heavy atom. The summed E-state index contributed by atoms with van der Waals surface area (Å²) in [5, 5.41) is 13.4. The van der Waals surface area contributed by atoms with Crippen LogP contribution in [0.5, 0.6) is 0 Å². The molecule has 0 fully saturated rings. The van der Waals surface area contributed by atoms with Gasteiger partial charge in [0.15, 0.2) is 0 Å². The standard InChI is InChI=1S/C14H18N2O4S/c1-7-2-3-8-9(6-7)21-14(12(8)13(15)20)16-10(17)4-5-11(18)19/h7H,2-6H2,1H3,(H2,15,20)(H,16,17)(H,18,19)/p-1. The van der Waals surface area contributed by atoms with Crippen LogP contribution in [0.25, 0.3) is 0 Å². The molecule has 1 aromatic heterocycles. The van der Waals surface area contributed by atoms with E-state index in [4.69, 9.17) is 5.73 Å². The second-order valence-electron chi connectivity index (χ2n) is 5.34. The second kappa shape index (κ2) is 6.26. The van der Waals surface area contributed by atoms with E-state index in [0.29, 0.717) is 16.5 Å². The summed E-state index contributed by atoms with van der Waals surface area (Å²) in [7, 11) is 0. The van der Waals surface area contributed by atoms with Gasteiger partial charge in [-0.25, -0.2) is 0 Å². The van der Waals surface area contributed by atoms with Crippen LogP contribution < -0.4 is 16.2 Å². The molecule has 0 aromatic carbocycles. The largest absolute Gasteiger partial charge is 0.550 e. The zero-order chi connectivity index (χ0) is 15.6. The highest BCUT2D eigenvalue weighted by molar-refractivity contribution is 7.17. The first-order valence-electron chi connectivity index (χ1n) is 6.82. The lowest BCUT2D eigenvalue weighted by Gasteiger charge is -2.18. The molecule has 0 bridgehead atoms. The molecule has 6 nitrogen and oxygen atoms in total. The molecule has 1 atom stereocenters. The molecule has 0 saturated heterocycles. The highest BCUT2D eigenvalue weighted by Gasteiger charge is 2.27. The van der Waals surface area contributed by atoms with Gasteiger partial charge in [-0.1, -0.05) is 6.92 Å². The molecule has 114 valence electrons. The molecule has 0 aliphatic heterocycles. The molecule has 7 heteroatoms. The van der Waals surface area contributed by atoms with Gasteiger partial charge in [-0.05, 0) is 37.2 Å². The number of rotatable bonds is 5. The minimum absolute atomic E-state index is 0.181. The van der Waals surface area contributed by atoms with Crippen molar-refractivity contribution in [1.29, 1.82) is 0 Å². The number of primary amides is 1. The first-order chi connectivity index (χ1) is 9.88. The Hall–Kier alpha value is -1.89. The van der Waals surface area contributed by atoms with E-state index in [1.165, 1.54) is 11.3 Å². The van der Waals surface area contributed by atoms with E-state index in [9.17, 15) is 19.5 Å². The molecule has 1 aliphatic rings. The van der Waals surface area contributed by atoms with Gasteiger partial charge in [0.25, 0.3) is 5.91 Å². The third-order valence-electron chi connectivity index (χ3n) is 3.57. The Labute approximate surface area is 126 Å². The molecule has 1 unspecified atom stereocenters. The quantitative estimate of drug-likeness (QED) is 0.821. The number of nitrogens with two attached hydrogens (primary N) is 1. The summed E-state index contributed by atoms with van der Waals surface area (Å²) in [6, 6.07) is 0. The van der Waals surface area contributed by atoms with Crippen molar-refractivity contribution < 1.29 is 19.5 Å². The summed E-state index contributed by atoms with van der Waals surface area (Å²) in [4.78, 5) is 34.8. The van der Waals surface area contributed by atoms with E-state index in [-0.39, 0.29) is 12.8 Å². The van der Waals surface area contributed by atoms with Crippen LogP contribution in [-0.4, -0.2) is 17.8 Å². The van der Waals surface area contributed by atoms with Gasteiger partial charge >= 0.3 is 0 Å². The molecular weight excluding hydrogens is 292 g/mol. The molecule has 1 aliphatic carbocycles. The lowest BCUT2D eigenvalue weighted by atomic mass is 9.88. The van der Waals surface area contributed by atoms with Gasteiger partial charge in [0, 0.05) is 17.3 Å². The van der Waals surface area contributed by atoms with Crippen molar-refractivity contribution in [2.75, 3.05) is 5.32 Å². The number of carbonyl (C=O) groups excluding carboxylic acids is 3. The van der Waals surface area contributed by atoms with Crippen molar-refractivity contribution in [3.63, 3.8) is 0 Å². The van der Waals surface area contributed by atoms with Crippen LogP contribution in [0.1, 0.15) is 47.0 Å². The topological polar surface area (TPSA) is 112 Å². The molecule has 21 heavy (non-hydrogen) atoms. The van der Waals surface area contributed by atoms with Crippen LogP contribution in [0.15, 0.2) is 0 Å². The third-order valence-corrected chi connectivity index (χ3v) is 4.74. The lowest BCUT2D eigenvalue weighted by Crippen LogP contribution is -2.24. The Morgan fingerprint density at radius 2 is 2.10 bits per heavy atom. The number of fused-ring (bicyclic) bond motifs is 1. The van der Waals surface area contributed by atoms with Crippen LogP contribution in [0.3, 0.4) is 0 Å². The average molecular weight is 309 g/mol. The van der Waals surface area contributed by atoms with Gasteiger partial charge in [-0.3, -0.25) is 9.59 Å². The number of nitrogens with one attached hydrogen (secondary N) is 1. The first kappa shape index (κ1) is 15.5. The Morgan fingerprint density at radius 3 is 2.71 bits per heavy atom. The fourth-order valence-electron chi connectivity index (χ4n) is 2.50. The van der Waals surface area contributed by atoms with E-state index in [1.54, 1.807) is 0 Å². The SMILES string of the molecule is CC1CCc2c(sc(NC(=O)CCC(=O)[O-])c2C(N)=O)C1. The number of amides is 2. The molecule has 1 aromatic rings. The summed E-state index contributed by atoms with van der Waals surface area (Å²) in [6.07, 6.45) is 2.11. The lowest BCUT2D eigenvalue weighted by molar-refractivity contribution is -0.305. The number of carboxylic acid groups (broad SMARTS) is 1. The predicted octanol–water partition coefficient (Wildman–Crippen LogP) is 0.440. The van der Waals surface area contributed by atoms with Crippen LogP contribution in [-0.2, 0) is 22.4 Å². The zero-order valence-electron chi connectivity index (χ0n) is 11.7. The van der Waals surface area contributed by atoms with Gasteiger partial charge < -0.3 is 21.0 Å². The zero-order valence-corrected chi connectivity index (χ0v) is 12.5. The van der Waals surface area contributed by atoms with Crippen molar-refractivity contribution in [1.82, 2.24) is 0 Å². The molecule has 3 N–H and O–H groups in total. The highest BCUT2D eigenvalue weighted by atomic mass is 32.1. The number of carbonyl (C=O) groups is 3. The minimum atomic E-state index is -1.28. The molecular formula is C14H17N2O4S-. The first-order valence-corrected chi connectivity index (χ1v) is 7.64. The van der Waals surface area contributed by atoms with E-state index < -0.39 is 17.8 Å². The summed E-state index contributed by atoms with van der Waals surface area (Å²) in [6.45, 7) is 2.14. The molecule has 1 heterocycles. The van der Waals surface area contributed by atoms with E-state index in [1.807, 2.05) is 0 Å². The Bertz CT molecular complexity index is 594. The van der Waals surface area contributed by atoms with Crippen molar-refractivity contribution in [3.05, 3.63) is 16.0 Å². The summed E-state index contributed by atoms with van der Waals surface area (Å²) in [5.74, 6) is -1.75. The van der Waals surface area contributed by atoms with Gasteiger partial charge in [-0.2, -0.15) is 0 Å². The van der Waals surface area contributed by atoms with Crippen molar-refractivity contribution in [3.8, 4) is 0 Å². The highest BCUT2D eigenvalue weighted by Crippen LogP contribution is 2.39. The molecule has 2 rings (SSSR count). The summed E-state index contributed by atoms with van der Waals surface area (Å²) >= 11 is 1.36. The Balaban J connectivity index is 2.21. The number of hydrogen-bond donors (Lipinski definition) is 2. The smallest absolute Gasteiger partial charge is 0.251 e. The molecule has 2 amide bonds. The summed E-state index contributed by atoms with van der Waals surface area (Å²) < 4.78 is 0. The van der Waals surface area contributed by atoms with Crippen molar-refractivity contribution >= 4 is 34.1 Å². The third kappa shape index (κ3) is 3.60. The van der Waals surface area contributed by atoms with Gasteiger partial charge in [0.1, 0.15) is 5.00 Å². The predicted molar refractivity (Wildman–Crippen MR) is 76.9 cm³/mol. The van der Waals surface area contributed by atoms with Gasteiger partial charge in [0.2, 0.25) is 5.91 Å². The minimum Gasteiger partial charge on any atom is -0.550 e. The van der Waals surface area contributed by atoms with Crippen molar-refractivity contribution in [2.24, 2.45) is 11.7 Å². The average Bonchev–Trinajstić information content (AvgIpc) is 2.73. The molecule has 0 saturated carbocycles. The van der Waals surface area contributed by atoms with Crippen LogP contribution in [0, 0.1) is 5.92 Å². The van der Waals surface area contributed by atoms with Crippen molar-refractivity contribution in [2.45, 2.75) is 39.0 Å². The van der Waals surface area contributed by atoms with Gasteiger partial charge in [0.05, 0.1) is 5.56 Å². The fraction of sp³-hybridized carbons (Fsp3) is 0.500. The number of aliphatic carboxylic acids is 1. The maximum Gasteiger partial charge on any atom is 0.251 e. The Kier molecular flexibility index (Phi) is 4.62. The number of anilines is 1. The molecule has 0 radical (unpaired) electrons. The number of carboxylic acids is 1. The maximum atomic E-state index is 11.7. The normalized spacial score (nSPS) is 17.1. The maximum absolute atomic E-state index is 11.7. The monoisotopic (exact) mass is 309 g/mol. The van der Waals surface area contributed by atoms with E-state index in [2.05, 4.69) is 12.2 Å². The van der Waals surface area contributed by atoms with E-state index >= 15 is 0 Å². The second-order valence-corrected chi connectivity index (χ2v) is 6.45. The van der Waals surface area contributed by atoms with Crippen LogP contribution >= 0.6 is 11.3 Å².